The lowest BCUT2D eigenvalue weighted by molar-refractivity contribution is 0.0954. The molecule has 2 aromatic carbocycles. The Labute approximate surface area is 153 Å². The average molecular weight is 374 g/mol. The van der Waals surface area contributed by atoms with Gasteiger partial charge in [0, 0.05) is 25.1 Å². The minimum absolute atomic E-state index is 0.144. The van der Waals surface area contributed by atoms with Gasteiger partial charge in [-0.25, -0.2) is 13.1 Å². The van der Waals surface area contributed by atoms with Crippen molar-refractivity contribution in [3.63, 3.8) is 0 Å². The van der Waals surface area contributed by atoms with Gasteiger partial charge in [-0.05, 0) is 41.8 Å². The highest BCUT2D eigenvalue weighted by molar-refractivity contribution is 7.89. The first-order valence-electron chi connectivity index (χ1n) is 8.62. The minimum Gasteiger partial charge on any atom is -0.493 e. The Balaban J connectivity index is 1.54. The lowest BCUT2D eigenvalue weighted by atomic mass is 10.1. The molecule has 0 radical (unpaired) electrons. The van der Waals surface area contributed by atoms with Crippen LogP contribution in [-0.4, -0.2) is 34.0 Å². The van der Waals surface area contributed by atoms with Crippen LogP contribution >= 0.6 is 0 Å². The number of hydrogen-bond acceptors (Lipinski definition) is 4. The van der Waals surface area contributed by atoms with E-state index in [1.165, 1.54) is 0 Å². The van der Waals surface area contributed by atoms with Crippen LogP contribution in [0, 0.1) is 0 Å². The van der Waals surface area contributed by atoms with Crippen molar-refractivity contribution in [1.82, 2.24) is 10.0 Å². The Bertz CT molecular complexity index is 892. The highest BCUT2D eigenvalue weighted by Gasteiger charge is 2.15. The molecule has 3 rings (SSSR count). The van der Waals surface area contributed by atoms with E-state index in [-0.39, 0.29) is 10.8 Å². The Morgan fingerprint density at radius 2 is 1.92 bits per heavy atom. The molecule has 0 aromatic heterocycles. The van der Waals surface area contributed by atoms with Gasteiger partial charge in [0.1, 0.15) is 5.75 Å². The van der Waals surface area contributed by atoms with Crippen LogP contribution in [0.4, 0.5) is 0 Å². The third-order valence-electron chi connectivity index (χ3n) is 4.23. The van der Waals surface area contributed by atoms with Crippen LogP contribution in [0.15, 0.2) is 47.4 Å². The lowest BCUT2D eigenvalue weighted by Crippen LogP contribution is -2.25. The second-order valence-corrected chi connectivity index (χ2v) is 7.84. The fourth-order valence-electron chi connectivity index (χ4n) is 2.84. The number of sulfonamides is 1. The van der Waals surface area contributed by atoms with Crippen molar-refractivity contribution < 1.29 is 17.9 Å². The van der Waals surface area contributed by atoms with E-state index >= 15 is 0 Å². The Kier molecular flexibility index (Phi) is 5.58. The van der Waals surface area contributed by atoms with Crippen LogP contribution in [0.3, 0.4) is 0 Å². The van der Waals surface area contributed by atoms with Crippen LogP contribution < -0.4 is 14.8 Å². The molecule has 7 heteroatoms. The third kappa shape index (κ3) is 4.23. The van der Waals surface area contributed by atoms with Gasteiger partial charge in [-0.3, -0.25) is 4.79 Å². The largest absolute Gasteiger partial charge is 0.493 e. The van der Waals surface area contributed by atoms with Gasteiger partial charge >= 0.3 is 0 Å². The number of fused-ring (bicyclic) bond motifs is 1. The summed E-state index contributed by atoms with van der Waals surface area (Å²) in [6.45, 7) is 3.22. The maximum Gasteiger partial charge on any atom is 0.251 e. The fraction of sp³-hybridized carbons (Fsp3) is 0.316. The lowest BCUT2D eigenvalue weighted by Gasteiger charge is -2.08. The summed E-state index contributed by atoms with van der Waals surface area (Å²) < 4.78 is 31.8. The normalized spacial score (nSPS) is 13.1. The van der Waals surface area contributed by atoms with Crippen LogP contribution in [0.5, 0.6) is 5.75 Å². The van der Waals surface area contributed by atoms with Gasteiger partial charge in [0.15, 0.2) is 0 Å². The van der Waals surface area contributed by atoms with Gasteiger partial charge in [-0.2, -0.15) is 0 Å². The highest BCUT2D eigenvalue weighted by atomic mass is 32.2. The first-order chi connectivity index (χ1) is 12.5. The van der Waals surface area contributed by atoms with Gasteiger partial charge in [0.05, 0.1) is 11.5 Å². The number of amides is 1. The molecule has 2 aromatic rings. The van der Waals surface area contributed by atoms with Crippen molar-refractivity contribution in [3.05, 3.63) is 59.2 Å². The second kappa shape index (κ2) is 7.88. The van der Waals surface area contributed by atoms with Crippen molar-refractivity contribution in [2.24, 2.45) is 0 Å². The number of nitrogens with one attached hydrogen (secondary N) is 2. The molecule has 138 valence electrons. The quantitative estimate of drug-likeness (QED) is 0.775. The number of ether oxygens (including phenoxy) is 1. The van der Waals surface area contributed by atoms with Crippen molar-refractivity contribution in [1.29, 1.82) is 0 Å². The van der Waals surface area contributed by atoms with Gasteiger partial charge in [0.2, 0.25) is 10.0 Å². The van der Waals surface area contributed by atoms with Gasteiger partial charge in [-0.15, -0.1) is 0 Å². The van der Waals surface area contributed by atoms with E-state index in [0.29, 0.717) is 31.7 Å². The smallest absolute Gasteiger partial charge is 0.251 e. The molecular formula is C19H22N2O4S. The first-order valence-corrected chi connectivity index (χ1v) is 10.1. The van der Waals surface area contributed by atoms with E-state index in [1.54, 1.807) is 37.3 Å². The molecule has 0 atom stereocenters. The average Bonchev–Trinajstić information content (AvgIpc) is 3.09. The molecule has 0 fully saturated rings. The molecule has 1 heterocycles. The zero-order valence-electron chi connectivity index (χ0n) is 14.6. The molecule has 2 N–H and O–H groups in total. The van der Waals surface area contributed by atoms with Crippen LogP contribution in [0.25, 0.3) is 0 Å². The molecule has 1 aliphatic rings. The van der Waals surface area contributed by atoms with Crippen molar-refractivity contribution in [2.45, 2.75) is 24.7 Å². The van der Waals surface area contributed by atoms with E-state index in [2.05, 4.69) is 10.0 Å². The molecule has 0 saturated carbocycles. The van der Waals surface area contributed by atoms with Crippen LogP contribution in [-0.2, 0) is 22.9 Å². The molecular weight excluding hydrogens is 352 g/mol. The van der Waals surface area contributed by atoms with E-state index in [0.717, 1.165) is 23.3 Å². The number of rotatable bonds is 7. The molecule has 0 saturated heterocycles. The zero-order valence-corrected chi connectivity index (χ0v) is 15.4. The summed E-state index contributed by atoms with van der Waals surface area (Å²) in [5, 5.41) is 2.88. The van der Waals surface area contributed by atoms with Gasteiger partial charge < -0.3 is 10.1 Å². The standard InChI is InChI=1S/C19H22N2O4S/c1-2-21-26(23,24)17-7-3-14(4-8-17)9-11-20-19(22)16-6-5-15-10-12-25-18(15)13-16/h3-8,13,21H,2,9-12H2,1H3,(H,20,22). The van der Waals surface area contributed by atoms with Gasteiger partial charge in [-0.1, -0.05) is 25.1 Å². The molecule has 0 bridgehead atoms. The fourth-order valence-corrected chi connectivity index (χ4v) is 3.88. The summed E-state index contributed by atoms with van der Waals surface area (Å²) in [5.41, 5.74) is 2.67. The number of hydrogen-bond donors (Lipinski definition) is 2. The maximum absolute atomic E-state index is 12.2. The Morgan fingerprint density at radius 3 is 2.65 bits per heavy atom. The van der Waals surface area contributed by atoms with E-state index in [9.17, 15) is 13.2 Å². The summed E-state index contributed by atoms with van der Waals surface area (Å²) in [5.74, 6) is 0.643. The molecule has 6 nitrogen and oxygen atoms in total. The maximum atomic E-state index is 12.2. The number of carbonyl (C=O) groups excluding carboxylic acids is 1. The van der Waals surface area contributed by atoms with E-state index in [1.807, 2.05) is 12.1 Å². The zero-order chi connectivity index (χ0) is 18.6. The molecule has 0 aliphatic carbocycles. The Morgan fingerprint density at radius 1 is 1.15 bits per heavy atom. The van der Waals surface area contributed by atoms with Crippen molar-refractivity contribution >= 4 is 15.9 Å². The summed E-state index contributed by atoms with van der Waals surface area (Å²) in [6, 6.07) is 12.2. The number of benzene rings is 2. The van der Waals surface area contributed by atoms with E-state index in [4.69, 9.17) is 4.74 Å². The highest BCUT2D eigenvalue weighted by Crippen LogP contribution is 2.26. The minimum atomic E-state index is -3.43. The summed E-state index contributed by atoms with van der Waals surface area (Å²) in [7, 11) is -3.43. The summed E-state index contributed by atoms with van der Waals surface area (Å²) in [4.78, 5) is 12.5. The molecule has 1 amide bonds. The number of carbonyl (C=O) groups is 1. The predicted octanol–water partition coefficient (Wildman–Crippen LogP) is 1.89. The van der Waals surface area contributed by atoms with E-state index < -0.39 is 10.0 Å². The monoisotopic (exact) mass is 374 g/mol. The molecule has 1 aliphatic heterocycles. The summed E-state index contributed by atoms with van der Waals surface area (Å²) >= 11 is 0. The predicted molar refractivity (Wildman–Crippen MR) is 99.0 cm³/mol. The topological polar surface area (TPSA) is 84.5 Å². The van der Waals surface area contributed by atoms with Crippen molar-refractivity contribution in [3.8, 4) is 5.75 Å². The van der Waals surface area contributed by atoms with Crippen LogP contribution in [0.2, 0.25) is 0 Å². The molecule has 26 heavy (non-hydrogen) atoms. The van der Waals surface area contributed by atoms with Gasteiger partial charge in [0.25, 0.3) is 5.91 Å². The molecule has 0 unspecified atom stereocenters. The van der Waals surface area contributed by atoms with Crippen molar-refractivity contribution in [2.75, 3.05) is 19.7 Å². The second-order valence-electron chi connectivity index (χ2n) is 6.07. The SMILES string of the molecule is CCNS(=O)(=O)c1ccc(CCNC(=O)c2ccc3c(c2)OCC3)cc1. The first kappa shape index (κ1) is 18.4. The van der Waals surface area contributed by atoms with Crippen LogP contribution in [0.1, 0.15) is 28.4 Å². The molecule has 0 spiro atoms. The summed E-state index contributed by atoms with van der Waals surface area (Å²) in [6.07, 6.45) is 1.51. The Hall–Kier alpha value is -2.38. The third-order valence-corrected chi connectivity index (χ3v) is 5.79.